The number of benzene rings is 3. The Labute approximate surface area is 235 Å². The highest BCUT2D eigenvalue weighted by molar-refractivity contribution is 5.96. The van der Waals surface area contributed by atoms with E-state index in [1.165, 1.54) is 0 Å². The zero-order chi connectivity index (χ0) is 28.7. The number of carbonyl (C=O) groups is 2. The van der Waals surface area contributed by atoms with Gasteiger partial charge in [-0.15, -0.1) is 0 Å². The van der Waals surface area contributed by atoms with Gasteiger partial charge in [0.25, 0.3) is 5.91 Å². The van der Waals surface area contributed by atoms with Crippen molar-refractivity contribution in [3.63, 3.8) is 0 Å². The first-order valence-corrected chi connectivity index (χ1v) is 13.6. The summed E-state index contributed by atoms with van der Waals surface area (Å²) in [5, 5.41) is 12.4. The van der Waals surface area contributed by atoms with Crippen LogP contribution in [-0.2, 0) is 16.6 Å². The molecule has 2 N–H and O–H groups in total. The van der Waals surface area contributed by atoms with E-state index in [1.54, 1.807) is 18.5 Å². The van der Waals surface area contributed by atoms with E-state index in [0.717, 1.165) is 46.7 Å². The molecule has 3 aromatic carbocycles. The number of carboxylic acid groups (broad SMARTS) is 1. The van der Waals surface area contributed by atoms with Gasteiger partial charge in [-0.1, -0.05) is 70.5 Å². The minimum Gasteiger partial charge on any atom is -0.494 e. The van der Waals surface area contributed by atoms with Crippen molar-refractivity contribution in [1.82, 2.24) is 14.9 Å². The average molecular weight is 540 g/mol. The summed E-state index contributed by atoms with van der Waals surface area (Å²) in [4.78, 5) is 29.2. The molecule has 0 bridgehead atoms. The first-order chi connectivity index (χ1) is 19.1. The number of nitrogens with one attached hydrogen (secondary N) is 1. The second kappa shape index (κ2) is 12.6. The first-order valence-electron chi connectivity index (χ1n) is 13.6. The molecule has 0 saturated carbocycles. The van der Waals surface area contributed by atoms with Crippen LogP contribution in [0.4, 0.5) is 0 Å². The van der Waals surface area contributed by atoms with Gasteiger partial charge in [0.2, 0.25) is 0 Å². The second-order valence-electron chi connectivity index (χ2n) is 11.0. The predicted molar refractivity (Wildman–Crippen MR) is 157 cm³/mol. The monoisotopic (exact) mass is 539 g/mol. The van der Waals surface area contributed by atoms with Gasteiger partial charge in [0.15, 0.2) is 0 Å². The summed E-state index contributed by atoms with van der Waals surface area (Å²) in [6, 6.07) is 21.7. The number of carbonyl (C=O) groups excluding carboxylic acids is 1. The number of nitrogens with zero attached hydrogens (tertiary/aromatic N) is 2. The van der Waals surface area contributed by atoms with Crippen molar-refractivity contribution in [1.29, 1.82) is 0 Å². The van der Waals surface area contributed by atoms with E-state index in [-0.39, 0.29) is 11.8 Å². The minimum atomic E-state index is -1.08. The fraction of sp³-hybridized carbons (Fsp3) is 0.303. The molecule has 0 fully saturated rings. The maximum Gasteiger partial charge on any atom is 0.326 e. The molecule has 7 heteroatoms. The van der Waals surface area contributed by atoms with Crippen LogP contribution in [0.3, 0.4) is 0 Å². The van der Waals surface area contributed by atoms with Crippen LogP contribution in [0.15, 0.2) is 85.3 Å². The summed E-state index contributed by atoms with van der Waals surface area (Å²) in [7, 11) is 0. The fourth-order valence-corrected chi connectivity index (χ4v) is 4.27. The van der Waals surface area contributed by atoms with Crippen molar-refractivity contribution in [3.8, 4) is 22.7 Å². The van der Waals surface area contributed by atoms with Gasteiger partial charge in [0.05, 0.1) is 18.6 Å². The molecule has 208 valence electrons. The topological polar surface area (TPSA) is 93.5 Å². The smallest absolute Gasteiger partial charge is 0.326 e. The molecule has 1 atom stereocenters. The lowest BCUT2D eigenvalue weighted by Gasteiger charge is -2.19. The molecule has 1 aromatic heterocycles. The Bertz CT molecular complexity index is 1420. The van der Waals surface area contributed by atoms with Gasteiger partial charge in [-0.2, -0.15) is 0 Å². The molecule has 0 spiro atoms. The Hall–Kier alpha value is -4.39. The van der Waals surface area contributed by atoms with Crippen molar-refractivity contribution in [2.45, 2.75) is 58.4 Å². The molecule has 0 unspecified atom stereocenters. The summed E-state index contributed by atoms with van der Waals surface area (Å²) < 4.78 is 7.69. The Kier molecular flexibility index (Phi) is 9.04. The average Bonchev–Trinajstić information content (AvgIpc) is 3.43. The Morgan fingerprint density at radius 2 is 1.65 bits per heavy atom. The molecular weight excluding hydrogens is 502 g/mol. The number of unbranched alkanes of at least 4 members (excludes halogenated alkanes) is 1. The van der Waals surface area contributed by atoms with Crippen molar-refractivity contribution in [3.05, 3.63) is 102 Å². The van der Waals surface area contributed by atoms with Crippen molar-refractivity contribution in [2.75, 3.05) is 6.61 Å². The largest absolute Gasteiger partial charge is 0.494 e. The molecule has 4 aromatic rings. The summed E-state index contributed by atoms with van der Waals surface area (Å²) in [5.74, 6) is -0.637. The normalized spacial score (nSPS) is 12.1. The molecule has 40 heavy (non-hydrogen) atoms. The Morgan fingerprint density at radius 1 is 0.975 bits per heavy atom. The van der Waals surface area contributed by atoms with Crippen LogP contribution in [0.2, 0.25) is 0 Å². The zero-order valence-corrected chi connectivity index (χ0v) is 23.6. The van der Waals surface area contributed by atoms with E-state index in [9.17, 15) is 14.7 Å². The molecule has 0 saturated heterocycles. The number of ether oxygens (including phenoxy) is 1. The van der Waals surface area contributed by atoms with Crippen LogP contribution in [0.25, 0.3) is 16.9 Å². The van der Waals surface area contributed by atoms with Gasteiger partial charge >= 0.3 is 5.97 Å². The second-order valence-corrected chi connectivity index (χ2v) is 11.0. The van der Waals surface area contributed by atoms with Crippen LogP contribution in [0.5, 0.6) is 5.75 Å². The molecule has 7 nitrogen and oxygen atoms in total. The molecule has 0 radical (unpaired) electrons. The fourth-order valence-electron chi connectivity index (χ4n) is 4.27. The quantitative estimate of drug-likeness (QED) is 0.214. The molecule has 1 heterocycles. The highest BCUT2D eigenvalue weighted by Gasteiger charge is 2.22. The van der Waals surface area contributed by atoms with Crippen LogP contribution in [-0.4, -0.2) is 39.2 Å². The molecular formula is C33H37N3O4. The van der Waals surface area contributed by atoms with Gasteiger partial charge in [0, 0.05) is 29.4 Å². The molecule has 0 aliphatic heterocycles. The molecule has 4 rings (SSSR count). The summed E-state index contributed by atoms with van der Waals surface area (Å²) in [6.45, 7) is 9.15. The van der Waals surface area contributed by atoms with E-state index in [4.69, 9.17) is 4.74 Å². The number of rotatable bonds is 11. The maximum atomic E-state index is 12.8. The van der Waals surface area contributed by atoms with Crippen LogP contribution >= 0.6 is 0 Å². The summed E-state index contributed by atoms with van der Waals surface area (Å²) in [6.07, 6.45) is 6.01. The number of hydrogen-bond acceptors (Lipinski definition) is 4. The third-order valence-corrected chi connectivity index (χ3v) is 6.79. The van der Waals surface area contributed by atoms with Gasteiger partial charge in [-0.05, 0) is 59.4 Å². The van der Waals surface area contributed by atoms with Crippen LogP contribution in [0.1, 0.15) is 62.0 Å². The van der Waals surface area contributed by atoms with Gasteiger partial charge in [-0.3, -0.25) is 4.79 Å². The highest BCUT2D eigenvalue weighted by Crippen LogP contribution is 2.23. The van der Waals surface area contributed by atoms with Gasteiger partial charge in [-0.25, -0.2) is 9.78 Å². The Morgan fingerprint density at radius 3 is 2.25 bits per heavy atom. The predicted octanol–water partition coefficient (Wildman–Crippen LogP) is 6.44. The van der Waals surface area contributed by atoms with Gasteiger partial charge < -0.3 is 19.7 Å². The number of aromatic nitrogens is 2. The summed E-state index contributed by atoms with van der Waals surface area (Å²) in [5.41, 5.74) is 5.01. The number of imidazole rings is 1. The lowest BCUT2D eigenvalue weighted by atomic mass is 9.86. The SMILES string of the molecule is CCCCOc1ccc(-n2cnc(-c3ccc(C[C@H](NC(=O)c4ccc(C(C)(C)C)cc4)C(=O)O)cc3)c2)cc1. The van der Waals surface area contributed by atoms with E-state index < -0.39 is 17.9 Å². The summed E-state index contributed by atoms with van der Waals surface area (Å²) >= 11 is 0. The molecule has 0 aliphatic carbocycles. The van der Waals surface area contributed by atoms with Crippen molar-refractivity contribution >= 4 is 11.9 Å². The molecule has 1 amide bonds. The lowest BCUT2D eigenvalue weighted by molar-refractivity contribution is -0.139. The van der Waals surface area contributed by atoms with Gasteiger partial charge in [0.1, 0.15) is 11.8 Å². The van der Waals surface area contributed by atoms with Crippen LogP contribution in [0, 0.1) is 0 Å². The first kappa shape index (κ1) is 28.6. The zero-order valence-electron chi connectivity index (χ0n) is 23.6. The number of carboxylic acids is 1. The number of hydrogen-bond donors (Lipinski definition) is 2. The standard InChI is InChI=1S/C33H37N3O4/c1-5-6-19-40-28-17-15-27(16-18-28)36-21-30(34-22-36)24-9-7-23(8-10-24)20-29(32(38)39)35-31(37)25-11-13-26(14-12-25)33(2,3)4/h7-18,21-22,29H,5-6,19-20H2,1-4H3,(H,35,37)(H,38,39)/t29-/m0/s1. The Balaban J connectivity index is 1.38. The molecule has 0 aliphatic rings. The van der Waals surface area contributed by atoms with Crippen molar-refractivity contribution in [2.24, 2.45) is 0 Å². The third kappa shape index (κ3) is 7.38. The van der Waals surface area contributed by atoms with E-state index in [2.05, 4.69) is 38.0 Å². The minimum absolute atomic E-state index is 0.0302. The number of aliphatic carboxylic acids is 1. The van der Waals surface area contributed by atoms with E-state index in [1.807, 2.05) is 71.4 Å². The third-order valence-electron chi connectivity index (χ3n) is 6.79. The number of amides is 1. The highest BCUT2D eigenvalue weighted by atomic mass is 16.5. The maximum absolute atomic E-state index is 12.8. The van der Waals surface area contributed by atoms with Crippen LogP contribution < -0.4 is 10.1 Å². The van der Waals surface area contributed by atoms with E-state index >= 15 is 0 Å². The van der Waals surface area contributed by atoms with E-state index in [0.29, 0.717) is 12.2 Å². The van der Waals surface area contributed by atoms with Crippen molar-refractivity contribution < 1.29 is 19.4 Å². The lowest BCUT2D eigenvalue weighted by Crippen LogP contribution is -2.42.